The lowest BCUT2D eigenvalue weighted by Gasteiger charge is -2.35. The highest BCUT2D eigenvalue weighted by Gasteiger charge is 2.42. The Morgan fingerprint density at radius 3 is 1.59 bits per heavy atom. The molecule has 8 rings (SSSR count). The SMILES string of the molecule is CCCOCC[C@@H]1NC(=O)[C@H](Cc2ccc(CNC(=O)COCCOCCNC(=O)CC[C@H](C(=O)O)N3CCN(CC(=O)O)CCN(CC(=O)O)CCN(CC(=O)O)CC3)cc2)NC(=O)[C@H](Cc2ccccc2)N(C)C(=O)CNC(=O)CNC(=O)[C@H]2CCCN2C(=O)[C@H](CC(=O)O)NC(=O)[C@H](CCCCNC(=O)N2CCN(CC(=O)O)CC2)NC(=O)CNC(=O)[C@H](Cc2c[nH]c3ccccc23)NC1=O.O=C(O)C(F)(F)F. The van der Waals surface area contributed by atoms with Gasteiger partial charge in [0, 0.05) is 168 Å². The molecule has 5 heterocycles. The van der Waals surface area contributed by atoms with E-state index in [9.17, 15) is 121 Å². The van der Waals surface area contributed by atoms with E-state index in [1.54, 1.807) is 110 Å². The van der Waals surface area contributed by atoms with Gasteiger partial charge in [0.2, 0.25) is 70.9 Å². The van der Waals surface area contributed by atoms with Gasteiger partial charge in [-0.2, -0.15) is 13.2 Å². The van der Waals surface area contributed by atoms with Crippen LogP contribution >= 0.6 is 0 Å². The van der Waals surface area contributed by atoms with Crippen molar-refractivity contribution < 1.29 is 159 Å². The number of piperazine rings is 1. The number of ether oxygens (including phenoxy) is 3. The topological polar surface area (TPSA) is 685 Å². The Labute approximate surface area is 837 Å². The summed E-state index contributed by atoms with van der Waals surface area (Å²) in [4.78, 5) is 281. The number of H-pyrrole nitrogens is 1. The van der Waals surface area contributed by atoms with Gasteiger partial charge in [0.25, 0.3) is 0 Å². The number of nitrogens with one attached hydrogen (secondary N) is 12. The van der Waals surface area contributed by atoms with Crippen molar-refractivity contribution >= 4 is 130 Å². The summed E-state index contributed by atoms with van der Waals surface area (Å²) in [7, 11) is 1.29. The molecule has 0 bridgehead atoms. The molecule has 50 nitrogen and oxygen atoms in total. The molecule has 0 aliphatic carbocycles. The van der Waals surface area contributed by atoms with E-state index < -0.39 is 219 Å². The largest absolute Gasteiger partial charge is 0.490 e. The van der Waals surface area contributed by atoms with Crippen LogP contribution in [0.3, 0.4) is 0 Å². The lowest BCUT2D eigenvalue weighted by Crippen LogP contribution is -2.60. The Balaban J connectivity index is 0.00000397. The van der Waals surface area contributed by atoms with Gasteiger partial charge >= 0.3 is 54.0 Å². The molecule has 4 saturated heterocycles. The van der Waals surface area contributed by atoms with Crippen LogP contribution in [0.4, 0.5) is 18.0 Å². The number of carbonyl (C=O) groups is 20. The second-order valence-electron chi connectivity index (χ2n) is 35.0. The normalized spacial score (nSPS) is 20.4. The van der Waals surface area contributed by atoms with Crippen LogP contribution in [-0.2, 0) is 131 Å². The predicted octanol–water partition coefficient (Wildman–Crippen LogP) is -4.22. The van der Waals surface area contributed by atoms with Gasteiger partial charge in [-0.1, -0.05) is 79.7 Å². The molecule has 19 N–H and O–H groups in total. The van der Waals surface area contributed by atoms with Crippen molar-refractivity contribution in [3.05, 3.63) is 107 Å². The summed E-state index contributed by atoms with van der Waals surface area (Å²) in [6.45, 7) is -0.497. The van der Waals surface area contributed by atoms with Gasteiger partial charge in [0.15, 0.2) is 0 Å². The summed E-state index contributed by atoms with van der Waals surface area (Å²) < 4.78 is 48.7. The number of urea groups is 1. The van der Waals surface area contributed by atoms with Crippen molar-refractivity contribution in [2.24, 2.45) is 0 Å². The van der Waals surface area contributed by atoms with Crippen LogP contribution in [0.15, 0.2) is 85.1 Å². The fourth-order valence-electron chi connectivity index (χ4n) is 16.2. The molecule has 0 unspecified atom stereocenters. The first-order chi connectivity index (χ1) is 69.5. The van der Waals surface area contributed by atoms with E-state index in [0.29, 0.717) is 52.7 Å². The quantitative estimate of drug-likeness (QED) is 0.0187. The number of unbranched alkanes of at least 4 members (excludes halogenated alkanes) is 1. The lowest BCUT2D eigenvalue weighted by molar-refractivity contribution is -0.192. The number of aromatic amines is 1. The Bertz CT molecular complexity index is 5040. The first-order valence-electron chi connectivity index (χ1n) is 47.6. The van der Waals surface area contributed by atoms with E-state index in [-0.39, 0.29) is 208 Å². The van der Waals surface area contributed by atoms with E-state index in [1.165, 1.54) is 11.9 Å². The first-order valence-corrected chi connectivity index (χ1v) is 47.6. The second-order valence-corrected chi connectivity index (χ2v) is 35.0. The number of hydrogen-bond acceptors (Lipinski definition) is 28. The zero-order valence-corrected chi connectivity index (χ0v) is 81.1. The lowest BCUT2D eigenvalue weighted by atomic mass is 10.00. The molecule has 8 atom stereocenters. The zero-order chi connectivity index (χ0) is 107. The van der Waals surface area contributed by atoms with E-state index in [1.807, 2.05) is 6.92 Å². The highest BCUT2D eigenvalue weighted by atomic mass is 19.4. The van der Waals surface area contributed by atoms with Gasteiger partial charge in [-0.05, 0) is 79.7 Å². The third-order valence-corrected chi connectivity index (χ3v) is 24.0. The van der Waals surface area contributed by atoms with Gasteiger partial charge in [0.05, 0.1) is 72.1 Å². The summed E-state index contributed by atoms with van der Waals surface area (Å²) in [5.41, 5.74) is 2.70. The molecule has 4 aromatic rings. The molecule has 1 aromatic heterocycles. The number of rotatable bonds is 41. The number of para-hydroxylation sites is 1. The fraction of sp³-hybridized carbons (Fsp3) is 0.570. The maximum atomic E-state index is 15.4. The van der Waals surface area contributed by atoms with E-state index in [4.69, 9.17) is 24.1 Å². The third kappa shape index (κ3) is 43.0. The number of aromatic nitrogens is 1. The average Bonchev–Trinajstić information content (AvgIpc) is 1.65. The minimum absolute atomic E-state index is 0.00253. The Kier molecular flexibility index (Phi) is 50.4. The zero-order valence-electron chi connectivity index (χ0n) is 81.1. The number of carboxylic acid groups (broad SMARTS) is 7. The van der Waals surface area contributed by atoms with Crippen LogP contribution in [0.2, 0.25) is 0 Å². The summed E-state index contributed by atoms with van der Waals surface area (Å²) in [6, 6.07) is 9.56. The molecule has 14 amide bonds. The number of carbonyl (C=O) groups excluding carboxylic acids is 13. The molecule has 804 valence electrons. The summed E-state index contributed by atoms with van der Waals surface area (Å²) in [5.74, 6) is -20.4. The number of alkyl halides is 3. The number of hydrogen-bond donors (Lipinski definition) is 19. The number of aliphatic carboxylic acids is 7. The van der Waals surface area contributed by atoms with Crippen molar-refractivity contribution in [3.8, 4) is 0 Å². The molecule has 146 heavy (non-hydrogen) atoms. The number of halogens is 3. The van der Waals surface area contributed by atoms with Crippen molar-refractivity contribution in [3.63, 3.8) is 0 Å². The number of benzene rings is 3. The molecule has 3 aromatic carbocycles. The summed E-state index contributed by atoms with van der Waals surface area (Å²) >= 11 is 0. The molecular weight excluding hydrogens is 1930 g/mol. The standard InChI is InChI=1S/C91H130N20O28.C2HF3O2/c1-3-40-137-41-24-66-85(129)101-68(47-62-50-94-64-15-8-7-14-63(62)64)83(127)97-52-75(114)99-65(16-9-10-25-93-91(136)110-38-34-108(35-39-110)57-82(125)126)84(128)103-69(48-78(117)118)89(133)111-27-11-17-70(111)87(131)98-51-74(113)96-53-77(116)104(2)72(46-59-12-5-4-6-13-59)88(132)102-67(86(130)100-66)45-60-18-20-61(21-19-60)49-95-76(115)58-139-44-43-138-42-26-92-73(112)23-22-71(90(134)135)109-36-32-106(55-80(121)122)30-28-105(54-79(119)120)29-31-107(33-37-109)56-81(123)124;3-2(4,5)1(6)7/h4-8,12-15,18-21,50,65-72,94H,3,9-11,16-17,22-49,51-58H2,1-2H3,(H,92,112)(H,93,136)(H,95,115)(H,96,113)(H,97,127)(H,98,131)(H,99,114)(H,100,130)(H,101,129)(H,102,132)(H,103,128)(H,117,118)(H,119,120)(H,121,122)(H,123,124)(H,125,126)(H,134,135);(H,6,7)/t65-,66-,67-,68-,69-,70+,71+,72-;/m0./s1. The number of carboxylic acids is 7. The van der Waals surface area contributed by atoms with Gasteiger partial charge in [-0.15, -0.1) is 0 Å². The maximum Gasteiger partial charge on any atom is 0.490 e. The van der Waals surface area contributed by atoms with Crippen molar-refractivity contribution in [2.45, 2.75) is 151 Å². The van der Waals surface area contributed by atoms with Gasteiger partial charge in [-0.25, -0.2) is 9.59 Å². The van der Waals surface area contributed by atoms with E-state index >= 15 is 14.4 Å². The molecule has 0 spiro atoms. The monoisotopic (exact) mass is 2060 g/mol. The maximum absolute atomic E-state index is 15.4. The molecule has 4 fully saturated rings. The highest BCUT2D eigenvalue weighted by molar-refractivity contribution is 6.00. The number of likely N-dealkylation sites (N-methyl/N-ethyl adjacent to an activating group) is 1. The Morgan fingerprint density at radius 2 is 0.993 bits per heavy atom. The molecule has 4 aliphatic heterocycles. The van der Waals surface area contributed by atoms with Crippen LogP contribution in [0.5, 0.6) is 0 Å². The molecule has 0 saturated carbocycles. The minimum Gasteiger partial charge on any atom is -0.481 e. The van der Waals surface area contributed by atoms with Gasteiger partial charge in [0.1, 0.15) is 54.9 Å². The van der Waals surface area contributed by atoms with Crippen LogP contribution in [-0.4, -0.2) is 444 Å². The van der Waals surface area contributed by atoms with Gasteiger partial charge in [-0.3, -0.25) is 111 Å². The van der Waals surface area contributed by atoms with Crippen molar-refractivity contribution in [1.29, 1.82) is 0 Å². The smallest absolute Gasteiger partial charge is 0.481 e. The van der Waals surface area contributed by atoms with Crippen LogP contribution in [0.1, 0.15) is 93.4 Å². The van der Waals surface area contributed by atoms with Crippen LogP contribution in [0, 0.1) is 0 Å². The minimum atomic E-state index is -5.08. The molecule has 53 heteroatoms. The summed E-state index contributed by atoms with van der Waals surface area (Å²) in [6.07, 6.45) is -4.92. The molecular formula is C93H131F3N20O30. The van der Waals surface area contributed by atoms with Crippen LogP contribution < -0.4 is 58.5 Å². The second kappa shape index (κ2) is 61.9. The first kappa shape index (κ1) is 119. The third-order valence-electron chi connectivity index (χ3n) is 24.0. The molecule has 0 radical (unpaired) electrons. The molecule has 4 aliphatic rings. The number of amides is 14. The fourth-order valence-corrected chi connectivity index (χ4v) is 16.2. The van der Waals surface area contributed by atoms with Crippen LogP contribution in [0.25, 0.3) is 10.9 Å². The van der Waals surface area contributed by atoms with E-state index in [2.05, 4.69) is 63.5 Å². The van der Waals surface area contributed by atoms with Crippen molar-refractivity contribution in [1.82, 2.24) is 103 Å². The summed E-state index contributed by atoms with van der Waals surface area (Å²) in [5, 5.41) is 95.3. The van der Waals surface area contributed by atoms with Gasteiger partial charge < -0.3 is 128 Å². The Hall–Kier alpha value is -14.1. The Morgan fingerprint density at radius 1 is 0.473 bits per heavy atom. The van der Waals surface area contributed by atoms with Crippen molar-refractivity contribution in [2.75, 3.05) is 191 Å². The average molecular weight is 2070 g/mol. The number of fused-ring (bicyclic) bond motifs is 2. The predicted molar refractivity (Wildman–Crippen MR) is 508 cm³/mol. The number of nitrogens with zero attached hydrogens (tertiary/aromatic N) is 8. The van der Waals surface area contributed by atoms with E-state index in [0.717, 1.165) is 9.80 Å². The highest BCUT2D eigenvalue weighted by Crippen LogP contribution is 2.24.